The Hall–Kier alpha value is -0.430. The number of hydrogen-bond acceptors (Lipinski definition) is 1. The number of thiol groups is 1. The van der Waals surface area contributed by atoms with Crippen molar-refractivity contribution in [3.05, 3.63) is 34.8 Å². The maximum atomic E-state index is 4.23. The maximum absolute atomic E-state index is 4.23. The highest BCUT2D eigenvalue weighted by molar-refractivity contribution is 7.84. The van der Waals surface area contributed by atoms with E-state index in [2.05, 4.69) is 52.1 Å². The molecule has 0 bridgehead atoms. The molecule has 1 heteroatoms. The fourth-order valence-corrected chi connectivity index (χ4v) is 1.70. The summed E-state index contributed by atoms with van der Waals surface area (Å²) in [7, 11) is 0. The summed E-state index contributed by atoms with van der Waals surface area (Å²) in [4.78, 5) is 0.851. The molecule has 0 spiro atoms. The number of allylic oxidation sites excluding steroid dienone is 4. The predicted molar refractivity (Wildman–Crippen MR) is 69.8 cm³/mol. The van der Waals surface area contributed by atoms with Crippen LogP contribution in [0, 0.1) is 0 Å². The topological polar surface area (TPSA) is 0 Å². The number of hydrogen-bond donors (Lipinski definition) is 1. The van der Waals surface area contributed by atoms with Crippen molar-refractivity contribution >= 4 is 12.6 Å². The second-order valence-electron chi connectivity index (χ2n) is 3.40. The van der Waals surface area contributed by atoms with Crippen LogP contribution in [0.2, 0.25) is 0 Å². The third kappa shape index (κ3) is 5.33. The van der Waals surface area contributed by atoms with Crippen molar-refractivity contribution in [3.8, 4) is 0 Å². The monoisotopic (exact) mass is 210 g/mol. The van der Waals surface area contributed by atoms with Gasteiger partial charge in [0.05, 0.1) is 0 Å². The molecule has 14 heavy (non-hydrogen) atoms. The van der Waals surface area contributed by atoms with E-state index in [1.165, 1.54) is 17.6 Å². The van der Waals surface area contributed by atoms with Gasteiger partial charge in [0.2, 0.25) is 0 Å². The Morgan fingerprint density at radius 1 is 1.21 bits per heavy atom. The molecule has 80 valence electrons. The van der Waals surface area contributed by atoms with E-state index < -0.39 is 0 Å². The summed E-state index contributed by atoms with van der Waals surface area (Å²) in [5.41, 5.74) is 2.85. The van der Waals surface area contributed by atoms with E-state index in [9.17, 15) is 0 Å². The fourth-order valence-electron chi connectivity index (χ4n) is 1.54. The van der Waals surface area contributed by atoms with Gasteiger partial charge in [-0.15, -0.1) is 12.6 Å². The molecule has 0 heterocycles. The van der Waals surface area contributed by atoms with Crippen LogP contribution in [0.25, 0.3) is 0 Å². The molecule has 0 aliphatic heterocycles. The van der Waals surface area contributed by atoms with Crippen LogP contribution < -0.4 is 0 Å². The molecule has 0 aromatic heterocycles. The summed E-state index contributed by atoms with van der Waals surface area (Å²) in [6.07, 6.45) is 8.90. The van der Waals surface area contributed by atoms with E-state index in [1.807, 2.05) is 0 Å². The highest BCUT2D eigenvalue weighted by Gasteiger charge is 2.01. The van der Waals surface area contributed by atoms with Crippen molar-refractivity contribution in [2.24, 2.45) is 0 Å². The van der Waals surface area contributed by atoms with E-state index in [1.54, 1.807) is 0 Å². The van der Waals surface area contributed by atoms with Gasteiger partial charge >= 0.3 is 0 Å². The average Bonchev–Trinajstić information content (AvgIpc) is 2.13. The number of rotatable bonds is 6. The first-order chi connectivity index (χ1) is 6.65. The Morgan fingerprint density at radius 2 is 1.86 bits per heavy atom. The quantitative estimate of drug-likeness (QED) is 0.468. The minimum Gasteiger partial charge on any atom is -0.144 e. The van der Waals surface area contributed by atoms with Crippen LogP contribution in [-0.4, -0.2) is 0 Å². The highest BCUT2D eigenvalue weighted by atomic mass is 32.1. The standard InChI is InChI=1S/C13H22S/c1-5-8-12(7-3)13(9-6-2)10-11(4)14/h8,10,14H,4-7,9H2,1-3H3/b12-8-,13-10-. The summed E-state index contributed by atoms with van der Waals surface area (Å²) < 4.78 is 0. The molecule has 0 unspecified atom stereocenters. The first-order valence-corrected chi connectivity index (χ1v) is 5.88. The van der Waals surface area contributed by atoms with Crippen LogP contribution in [0.4, 0.5) is 0 Å². The summed E-state index contributed by atoms with van der Waals surface area (Å²) in [6.45, 7) is 10.4. The molecular formula is C13H22S. The SMILES string of the molecule is C=C(S)/C=C(CCC)\C(=C/CC)CC. The first kappa shape index (κ1) is 13.6. The van der Waals surface area contributed by atoms with Crippen molar-refractivity contribution in [1.29, 1.82) is 0 Å². The fraction of sp³-hybridized carbons (Fsp3) is 0.538. The van der Waals surface area contributed by atoms with E-state index in [4.69, 9.17) is 0 Å². The van der Waals surface area contributed by atoms with Crippen LogP contribution in [-0.2, 0) is 0 Å². The van der Waals surface area contributed by atoms with Gasteiger partial charge in [-0.3, -0.25) is 0 Å². The van der Waals surface area contributed by atoms with Crippen molar-refractivity contribution in [3.63, 3.8) is 0 Å². The van der Waals surface area contributed by atoms with Crippen LogP contribution in [0.5, 0.6) is 0 Å². The summed E-state index contributed by atoms with van der Waals surface area (Å²) in [5, 5.41) is 0. The molecule has 0 nitrogen and oxygen atoms in total. The lowest BCUT2D eigenvalue weighted by Crippen LogP contribution is -1.89. The lowest BCUT2D eigenvalue weighted by atomic mass is 9.98. The Labute approximate surface area is 94.2 Å². The summed E-state index contributed by atoms with van der Waals surface area (Å²) in [6, 6.07) is 0. The van der Waals surface area contributed by atoms with Crippen molar-refractivity contribution in [1.82, 2.24) is 0 Å². The summed E-state index contributed by atoms with van der Waals surface area (Å²) >= 11 is 4.23. The highest BCUT2D eigenvalue weighted by Crippen LogP contribution is 2.22. The van der Waals surface area contributed by atoms with E-state index >= 15 is 0 Å². The Morgan fingerprint density at radius 3 is 2.21 bits per heavy atom. The molecular weight excluding hydrogens is 188 g/mol. The Bertz CT molecular complexity index is 234. The van der Waals surface area contributed by atoms with Crippen LogP contribution >= 0.6 is 12.6 Å². The second kappa shape index (κ2) is 7.93. The van der Waals surface area contributed by atoms with Crippen LogP contribution in [0.3, 0.4) is 0 Å². The predicted octanol–water partition coefficient (Wildman–Crippen LogP) is 4.90. The molecule has 0 fully saturated rings. The third-order valence-corrected chi connectivity index (χ3v) is 2.23. The second-order valence-corrected chi connectivity index (χ2v) is 3.98. The maximum Gasteiger partial charge on any atom is -0.00292 e. The third-order valence-electron chi connectivity index (χ3n) is 2.10. The van der Waals surface area contributed by atoms with E-state index in [-0.39, 0.29) is 0 Å². The lowest BCUT2D eigenvalue weighted by Gasteiger charge is -2.09. The smallest absolute Gasteiger partial charge is 0.00292 e. The lowest BCUT2D eigenvalue weighted by molar-refractivity contribution is 0.889. The molecule has 0 saturated carbocycles. The molecule has 0 amide bonds. The van der Waals surface area contributed by atoms with Gasteiger partial charge in [-0.1, -0.05) is 39.8 Å². The molecule has 0 atom stereocenters. The first-order valence-electron chi connectivity index (χ1n) is 5.43. The largest absolute Gasteiger partial charge is 0.144 e. The normalized spacial score (nSPS) is 13.1. The van der Waals surface area contributed by atoms with Gasteiger partial charge in [-0.2, -0.15) is 0 Å². The minimum absolute atomic E-state index is 0.851. The van der Waals surface area contributed by atoms with Gasteiger partial charge < -0.3 is 0 Å². The van der Waals surface area contributed by atoms with Gasteiger partial charge in [-0.05, 0) is 41.4 Å². The van der Waals surface area contributed by atoms with Gasteiger partial charge in [-0.25, -0.2) is 0 Å². The Kier molecular flexibility index (Phi) is 7.68. The zero-order valence-electron chi connectivity index (χ0n) is 9.64. The molecule has 0 aliphatic carbocycles. The van der Waals surface area contributed by atoms with E-state index in [0.717, 1.165) is 24.2 Å². The molecule has 0 saturated heterocycles. The Balaban J connectivity index is 4.78. The average molecular weight is 210 g/mol. The van der Waals surface area contributed by atoms with Crippen molar-refractivity contribution in [2.75, 3.05) is 0 Å². The van der Waals surface area contributed by atoms with Gasteiger partial charge in [0.25, 0.3) is 0 Å². The van der Waals surface area contributed by atoms with Crippen LogP contribution in [0.15, 0.2) is 34.8 Å². The van der Waals surface area contributed by atoms with Gasteiger partial charge in [0.15, 0.2) is 0 Å². The van der Waals surface area contributed by atoms with Gasteiger partial charge in [0.1, 0.15) is 0 Å². The molecule has 0 rings (SSSR count). The van der Waals surface area contributed by atoms with E-state index in [0.29, 0.717) is 0 Å². The molecule has 0 N–H and O–H groups in total. The van der Waals surface area contributed by atoms with Crippen molar-refractivity contribution in [2.45, 2.75) is 46.5 Å². The molecule has 0 aromatic rings. The van der Waals surface area contributed by atoms with Gasteiger partial charge in [0, 0.05) is 0 Å². The molecule has 0 aliphatic rings. The zero-order valence-corrected chi connectivity index (χ0v) is 10.5. The molecule has 0 aromatic carbocycles. The molecule has 0 radical (unpaired) electrons. The van der Waals surface area contributed by atoms with Crippen molar-refractivity contribution < 1.29 is 0 Å². The van der Waals surface area contributed by atoms with Crippen LogP contribution in [0.1, 0.15) is 46.5 Å². The summed E-state index contributed by atoms with van der Waals surface area (Å²) in [5.74, 6) is 0. The zero-order chi connectivity index (χ0) is 11.0. The minimum atomic E-state index is 0.851.